The normalized spacial score (nSPS) is 19.3. The first-order chi connectivity index (χ1) is 18.2. The quantitative estimate of drug-likeness (QED) is 0.500. The number of hydrogen-bond acceptors (Lipinski definition) is 5. The standard InChI is InChI=1S/C32H21N5/c1-20-2-4-21(5-3-20)31-27-10-8-25(35-27)18-23-6-7-24(34-23)19-26-9-11-28(36-26)32(22-14-16-33-17-15-22)30-13-12-29(31)37-30/h2-19H,1H3. The molecule has 0 saturated heterocycles. The Bertz CT molecular complexity index is 1730. The van der Waals surface area contributed by atoms with Gasteiger partial charge in [-0.15, -0.1) is 0 Å². The minimum absolute atomic E-state index is 0.853. The fraction of sp³-hybridized carbons (Fsp3) is 0.0312. The zero-order valence-corrected chi connectivity index (χ0v) is 20.1. The van der Waals surface area contributed by atoms with Crippen molar-refractivity contribution in [2.24, 2.45) is 20.0 Å². The zero-order valence-electron chi connectivity index (χ0n) is 20.1. The summed E-state index contributed by atoms with van der Waals surface area (Å²) in [6.07, 6.45) is 23.9. The van der Waals surface area contributed by atoms with Crippen LogP contribution in [0.15, 0.2) is 152 Å². The molecule has 0 aliphatic carbocycles. The molecule has 0 saturated carbocycles. The molecule has 5 nitrogen and oxygen atoms in total. The smallest absolute Gasteiger partial charge is 0.0738 e. The number of nitrogens with zero attached hydrogens (tertiary/aromatic N) is 5. The van der Waals surface area contributed by atoms with Crippen molar-refractivity contribution in [1.82, 2.24) is 4.98 Å². The molecule has 174 valence electrons. The lowest BCUT2D eigenvalue weighted by Crippen LogP contribution is -2.02. The lowest BCUT2D eigenvalue weighted by molar-refractivity contribution is 1.31. The minimum atomic E-state index is 0.853. The first kappa shape index (κ1) is 21.3. The van der Waals surface area contributed by atoms with E-state index >= 15 is 0 Å². The zero-order chi connectivity index (χ0) is 24.8. The summed E-state index contributed by atoms with van der Waals surface area (Å²) >= 11 is 0. The SMILES string of the molecule is Cc1ccc(C2=C3C=CC(=N3)C=C3C=CC(=N3)C=C3C=CC(=N3)C(c3ccncc3)=C3C=CC2=N3)cc1. The maximum atomic E-state index is 5.15. The van der Waals surface area contributed by atoms with E-state index in [1.54, 1.807) is 12.4 Å². The van der Waals surface area contributed by atoms with Gasteiger partial charge in [0.15, 0.2) is 0 Å². The second kappa shape index (κ2) is 8.57. The number of benzene rings is 1. The van der Waals surface area contributed by atoms with E-state index in [1.165, 1.54) is 5.56 Å². The molecular formula is C32H21N5. The van der Waals surface area contributed by atoms with Gasteiger partial charge in [0.2, 0.25) is 0 Å². The fourth-order valence-corrected chi connectivity index (χ4v) is 4.79. The van der Waals surface area contributed by atoms with E-state index in [2.05, 4.69) is 54.4 Å². The third-order valence-electron chi connectivity index (χ3n) is 6.57. The molecule has 8 bridgehead atoms. The molecule has 0 amide bonds. The van der Waals surface area contributed by atoms with Crippen molar-refractivity contribution in [3.63, 3.8) is 0 Å². The van der Waals surface area contributed by atoms with Gasteiger partial charge in [0, 0.05) is 23.5 Å². The van der Waals surface area contributed by atoms with Crippen LogP contribution in [0.25, 0.3) is 11.1 Å². The highest BCUT2D eigenvalue weighted by Gasteiger charge is 2.23. The summed E-state index contributed by atoms with van der Waals surface area (Å²) in [6, 6.07) is 12.5. The second-order valence-corrected chi connectivity index (χ2v) is 9.16. The first-order valence-corrected chi connectivity index (χ1v) is 12.2. The van der Waals surface area contributed by atoms with Gasteiger partial charge in [-0.25, -0.2) is 20.0 Å². The number of pyridine rings is 1. The van der Waals surface area contributed by atoms with Crippen LogP contribution in [0.2, 0.25) is 0 Å². The summed E-state index contributed by atoms with van der Waals surface area (Å²) < 4.78 is 0. The van der Waals surface area contributed by atoms with Crippen molar-refractivity contribution in [2.75, 3.05) is 0 Å². The molecule has 0 fully saturated rings. The van der Waals surface area contributed by atoms with Crippen molar-refractivity contribution in [2.45, 2.75) is 6.92 Å². The van der Waals surface area contributed by atoms with Crippen LogP contribution in [0.3, 0.4) is 0 Å². The predicted octanol–water partition coefficient (Wildman–Crippen LogP) is 6.34. The number of aryl methyl sites for hydroxylation is 1. The van der Waals surface area contributed by atoms with E-state index < -0.39 is 0 Å². The molecule has 1 aromatic heterocycles. The number of hydrogen-bond donors (Lipinski definition) is 0. The van der Waals surface area contributed by atoms with Gasteiger partial charge in [-0.05, 0) is 90.9 Å². The summed E-state index contributed by atoms with van der Waals surface area (Å²) in [5.74, 6) is 0. The highest BCUT2D eigenvalue weighted by molar-refractivity contribution is 6.36. The topological polar surface area (TPSA) is 62.3 Å². The van der Waals surface area contributed by atoms with Gasteiger partial charge in [-0.1, -0.05) is 29.8 Å². The van der Waals surface area contributed by atoms with Crippen molar-refractivity contribution < 1.29 is 0 Å². The van der Waals surface area contributed by atoms with E-state index in [-0.39, 0.29) is 0 Å². The third-order valence-corrected chi connectivity index (χ3v) is 6.57. The van der Waals surface area contributed by atoms with Crippen LogP contribution in [0, 0.1) is 6.92 Å². The van der Waals surface area contributed by atoms with Crippen molar-refractivity contribution >= 4 is 34.0 Å². The number of aliphatic imine (C=N–C) groups is 4. The molecule has 5 aliphatic heterocycles. The van der Waals surface area contributed by atoms with Crippen LogP contribution < -0.4 is 0 Å². The van der Waals surface area contributed by atoms with E-state index in [9.17, 15) is 0 Å². The van der Waals surface area contributed by atoms with E-state index in [0.29, 0.717) is 0 Å². The third kappa shape index (κ3) is 3.96. The Balaban J connectivity index is 1.50. The minimum Gasteiger partial charge on any atom is -0.265 e. The number of fused-ring (bicyclic) bond motifs is 4. The van der Waals surface area contributed by atoms with Gasteiger partial charge in [0.1, 0.15) is 0 Å². The number of rotatable bonds is 2. The maximum absolute atomic E-state index is 5.15. The molecule has 0 radical (unpaired) electrons. The van der Waals surface area contributed by atoms with Gasteiger partial charge in [-0.2, -0.15) is 0 Å². The molecule has 6 heterocycles. The van der Waals surface area contributed by atoms with Crippen LogP contribution in [0.4, 0.5) is 0 Å². The average molecular weight is 476 g/mol. The second-order valence-electron chi connectivity index (χ2n) is 9.16. The summed E-state index contributed by atoms with van der Waals surface area (Å²) in [4.78, 5) is 24.0. The first-order valence-electron chi connectivity index (χ1n) is 12.2. The molecular weight excluding hydrogens is 454 g/mol. The Morgan fingerprint density at radius 2 is 1.05 bits per heavy atom. The molecule has 5 aliphatic rings. The van der Waals surface area contributed by atoms with E-state index in [1.807, 2.05) is 54.7 Å². The Labute approximate surface area is 214 Å². The molecule has 0 spiro atoms. The summed E-state index contributed by atoms with van der Waals surface area (Å²) in [5.41, 5.74) is 12.2. The lowest BCUT2D eigenvalue weighted by atomic mass is 9.98. The molecule has 0 N–H and O–H groups in total. The van der Waals surface area contributed by atoms with Crippen LogP contribution >= 0.6 is 0 Å². The number of allylic oxidation sites excluding steroid dienone is 12. The molecule has 0 atom stereocenters. The van der Waals surface area contributed by atoms with Crippen molar-refractivity contribution in [3.8, 4) is 0 Å². The fourth-order valence-electron chi connectivity index (χ4n) is 4.79. The molecule has 5 heteroatoms. The Morgan fingerprint density at radius 3 is 1.86 bits per heavy atom. The Hall–Kier alpha value is -5.03. The summed E-state index contributed by atoms with van der Waals surface area (Å²) in [5, 5.41) is 0. The highest BCUT2D eigenvalue weighted by atomic mass is 14.9. The van der Waals surface area contributed by atoms with Crippen LogP contribution in [-0.2, 0) is 0 Å². The molecule has 2 aromatic rings. The monoisotopic (exact) mass is 475 g/mol. The average Bonchev–Trinajstić information content (AvgIpc) is 3.72. The van der Waals surface area contributed by atoms with Crippen LogP contribution in [0.1, 0.15) is 16.7 Å². The largest absolute Gasteiger partial charge is 0.265 e. The van der Waals surface area contributed by atoms with Gasteiger partial charge in [0.25, 0.3) is 0 Å². The predicted molar refractivity (Wildman–Crippen MR) is 152 cm³/mol. The van der Waals surface area contributed by atoms with Gasteiger partial charge in [-0.3, -0.25) is 4.98 Å². The van der Waals surface area contributed by atoms with Crippen molar-refractivity contribution in [3.05, 3.63) is 149 Å². The van der Waals surface area contributed by atoms with E-state index in [4.69, 9.17) is 20.0 Å². The molecule has 7 rings (SSSR count). The van der Waals surface area contributed by atoms with Crippen LogP contribution in [-0.4, -0.2) is 27.8 Å². The number of aromatic nitrogens is 1. The van der Waals surface area contributed by atoms with Gasteiger partial charge >= 0.3 is 0 Å². The Kier molecular flexibility index (Phi) is 4.93. The van der Waals surface area contributed by atoms with Crippen molar-refractivity contribution in [1.29, 1.82) is 0 Å². The van der Waals surface area contributed by atoms with E-state index in [0.717, 1.165) is 67.9 Å². The molecule has 0 unspecified atom stereocenters. The molecule has 1 aromatic carbocycles. The van der Waals surface area contributed by atoms with Gasteiger partial charge in [0.05, 0.1) is 45.6 Å². The van der Waals surface area contributed by atoms with Gasteiger partial charge < -0.3 is 0 Å². The summed E-state index contributed by atoms with van der Waals surface area (Å²) in [6.45, 7) is 2.09. The molecule has 37 heavy (non-hydrogen) atoms. The van der Waals surface area contributed by atoms with Crippen LogP contribution in [0.5, 0.6) is 0 Å². The lowest BCUT2D eigenvalue weighted by Gasteiger charge is -2.11. The maximum Gasteiger partial charge on any atom is 0.0738 e. The Morgan fingerprint density at radius 1 is 0.486 bits per heavy atom. The summed E-state index contributed by atoms with van der Waals surface area (Å²) in [7, 11) is 0. The highest BCUT2D eigenvalue weighted by Crippen LogP contribution is 2.34.